The molecular weight excluding hydrogens is 481 g/mol. The molecule has 2 unspecified atom stereocenters. The van der Waals surface area contributed by atoms with Gasteiger partial charge in [0.25, 0.3) is 0 Å². The van der Waals surface area contributed by atoms with Crippen LogP contribution in [0.25, 0.3) is 0 Å². The van der Waals surface area contributed by atoms with Crippen LogP contribution in [0.4, 0.5) is 10.1 Å². The Morgan fingerprint density at radius 1 is 1.08 bits per heavy atom. The average Bonchev–Trinajstić information content (AvgIpc) is 2.86. The summed E-state index contributed by atoms with van der Waals surface area (Å²) < 4.78 is 42.9. The molecule has 188 valence electrons. The van der Waals surface area contributed by atoms with Gasteiger partial charge >= 0.3 is 0 Å². The standard InChI is InChI=1S/C27H28FN3O4S/c1-4-35-22-7-5-6-21(16-22)31-26(19-10-14-23(15-11-19)36(3,33)34)27(32)25(29)24(17-30-2)18-8-12-20(28)13-9-18/h5-17,24,26,29,31H,4H2,1-3H3. The van der Waals surface area contributed by atoms with Crippen LogP contribution in [0, 0.1) is 11.2 Å². The lowest BCUT2D eigenvalue weighted by atomic mass is 9.88. The van der Waals surface area contributed by atoms with Crippen LogP contribution in [-0.4, -0.2) is 46.0 Å². The minimum Gasteiger partial charge on any atom is -0.494 e. The Morgan fingerprint density at radius 2 is 1.72 bits per heavy atom. The van der Waals surface area contributed by atoms with Gasteiger partial charge in [-0.2, -0.15) is 0 Å². The van der Waals surface area contributed by atoms with E-state index >= 15 is 0 Å². The zero-order valence-electron chi connectivity index (χ0n) is 20.2. The molecule has 9 heteroatoms. The van der Waals surface area contributed by atoms with Gasteiger partial charge in [0, 0.05) is 31.3 Å². The maximum atomic E-state index is 13.7. The molecule has 3 aromatic rings. The number of ketones is 1. The zero-order chi connectivity index (χ0) is 26.3. The van der Waals surface area contributed by atoms with E-state index in [9.17, 15) is 17.6 Å². The minimum atomic E-state index is -3.43. The lowest BCUT2D eigenvalue weighted by Crippen LogP contribution is -2.32. The molecule has 0 fully saturated rings. The van der Waals surface area contributed by atoms with Crippen molar-refractivity contribution < 1.29 is 22.3 Å². The Bertz CT molecular complexity index is 1350. The second kappa shape index (κ2) is 11.7. The van der Waals surface area contributed by atoms with Crippen LogP contribution in [0.5, 0.6) is 5.75 Å². The molecule has 3 aromatic carbocycles. The number of hydrogen-bond donors (Lipinski definition) is 2. The molecule has 2 atom stereocenters. The highest BCUT2D eigenvalue weighted by Crippen LogP contribution is 2.28. The van der Waals surface area contributed by atoms with E-state index in [2.05, 4.69) is 10.3 Å². The number of nitrogens with zero attached hydrogens (tertiary/aromatic N) is 1. The van der Waals surface area contributed by atoms with Gasteiger partial charge in [0.05, 0.1) is 23.1 Å². The number of aliphatic imine (C=N–C) groups is 1. The molecule has 0 heterocycles. The lowest BCUT2D eigenvalue weighted by molar-refractivity contribution is -0.113. The molecule has 2 N–H and O–H groups in total. The predicted octanol–water partition coefficient (Wildman–Crippen LogP) is 4.85. The molecule has 0 aliphatic rings. The highest BCUT2D eigenvalue weighted by molar-refractivity contribution is 7.90. The van der Waals surface area contributed by atoms with E-state index in [4.69, 9.17) is 10.1 Å². The van der Waals surface area contributed by atoms with Crippen molar-refractivity contribution in [3.05, 3.63) is 89.7 Å². The number of hydrogen-bond acceptors (Lipinski definition) is 7. The number of carbonyl (C=O) groups excluding carboxylic acids is 1. The number of nitrogens with one attached hydrogen (secondary N) is 2. The number of sulfone groups is 1. The lowest BCUT2D eigenvalue weighted by Gasteiger charge is -2.23. The molecule has 0 bridgehead atoms. The summed E-state index contributed by atoms with van der Waals surface area (Å²) in [4.78, 5) is 17.9. The van der Waals surface area contributed by atoms with Crippen LogP contribution in [-0.2, 0) is 14.6 Å². The van der Waals surface area contributed by atoms with Crippen molar-refractivity contribution >= 4 is 33.2 Å². The maximum Gasteiger partial charge on any atom is 0.204 e. The topological polar surface area (TPSA) is 109 Å². The van der Waals surface area contributed by atoms with Crippen molar-refractivity contribution in [3.8, 4) is 5.75 Å². The molecule has 3 rings (SSSR count). The number of carbonyl (C=O) groups is 1. The molecule has 0 saturated heterocycles. The smallest absolute Gasteiger partial charge is 0.204 e. The Labute approximate surface area is 210 Å². The number of anilines is 1. The van der Waals surface area contributed by atoms with Gasteiger partial charge in [-0.1, -0.05) is 30.3 Å². The molecule has 0 aliphatic carbocycles. The minimum absolute atomic E-state index is 0.119. The van der Waals surface area contributed by atoms with E-state index in [0.29, 0.717) is 29.2 Å². The van der Waals surface area contributed by atoms with Crippen LogP contribution in [0.15, 0.2) is 82.7 Å². The summed E-state index contributed by atoms with van der Waals surface area (Å²) in [5, 5.41) is 11.9. The highest BCUT2D eigenvalue weighted by atomic mass is 32.2. The van der Waals surface area contributed by atoms with E-state index in [1.165, 1.54) is 49.7 Å². The fourth-order valence-corrected chi connectivity index (χ4v) is 4.30. The van der Waals surface area contributed by atoms with Crippen LogP contribution >= 0.6 is 0 Å². The molecule has 0 radical (unpaired) electrons. The first-order chi connectivity index (χ1) is 17.1. The Hall–Kier alpha value is -3.85. The van der Waals surface area contributed by atoms with Crippen molar-refractivity contribution in [2.45, 2.75) is 23.8 Å². The van der Waals surface area contributed by atoms with E-state index in [1.807, 2.05) is 6.92 Å². The quantitative estimate of drug-likeness (QED) is 0.359. The normalized spacial score (nSPS) is 13.2. The number of benzene rings is 3. The van der Waals surface area contributed by atoms with Crippen molar-refractivity contribution in [1.82, 2.24) is 0 Å². The summed E-state index contributed by atoms with van der Waals surface area (Å²) in [5.41, 5.74) is 1.36. The molecule has 0 aliphatic heterocycles. The van der Waals surface area contributed by atoms with Gasteiger partial charge in [-0.25, -0.2) is 12.8 Å². The van der Waals surface area contributed by atoms with E-state index < -0.39 is 33.4 Å². The average molecular weight is 510 g/mol. The Morgan fingerprint density at radius 3 is 2.31 bits per heavy atom. The summed E-state index contributed by atoms with van der Waals surface area (Å²) in [6, 6.07) is 17.6. The van der Waals surface area contributed by atoms with Gasteiger partial charge in [-0.3, -0.25) is 9.79 Å². The molecule has 0 aromatic heterocycles. The molecule has 36 heavy (non-hydrogen) atoms. The van der Waals surface area contributed by atoms with Crippen LogP contribution in [0.1, 0.15) is 30.0 Å². The SMILES string of the molecule is CCOc1cccc(NC(C(=O)C(=N)C(C=NC)c2ccc(F)cc2)c2ccc(S(C)(=O)=O)cc2)c1. The number of rotatable bonds is 11. The molecule has 7 nitrogen and oxygen atoms in total. The summed E-state index contributed by atoms with van der Waals surface area (Å²) >= 11 is 0. The predicted molar refractivity (Wildman–Crippen MR) is 140 cm³/mol. The Balaban J connectivity index is 2.02. The van der Waals surface area contributed by atoms with E-state index in [1.54, 1.807) is 36.4 Å². The third-order valence-corrected chi connectivity index (χ3v) is 6.59. The molecule has 0 amide bonds. The number of halogens is 1. The third kappa shape index (κ3) is 6.63. The first kappa shape index (κ1) is 26.7. The largest absolute Gasteiger partial charge is 0.494 e. The molecule has 0 spiro atoms. The van der Waals surface area contributed by atoms with Crippen molar-refractivity contribution in [2.24, 2.45) is 4.99 Å². The van der Waals surface area contributed by atoms with E-state index in [0.717, 1.165) is 6.26 Å². The van der Waals surface area contributed by atoms with Gasteiger partial charge < -0.3 is 15.5 Å². The van der Waals surface area contributed by atoms with Crippen LogP contribution in [0.2, 0.25) is 0 Å². The van der Waals surface area contributed by atoms with Gasteiger partial charge in [0.15, 0.2) is 9.84 Å². The van der Waals surface area contributed by atoms with Crippen molar-refractivity contribution in [1.29, 1.82) is 5.41 Å². The van der Waals surface area contributed by atoms with Gasteiger partial charge in [0.1, 0.15) is 17.6 Å². The van der Waals surface area contributed by atoms with Crippen LogP contribution in [0.3, 0.4) is 0 Å². The summed E-state index contributed by atoms with van der Waals surface area (Å²) in [6.45, 7) is 2.33. The second-order valence-corrected chi connectivity index (χ2v) is 10.1. The summed E-state index contributed by atoms with van der Waals surface area (Å²) in [7, 11) is -1.89. The Kier molecular flexibility index (Phi) is 8.71. The van der Waals surface area contributed by atoms with Crippen molar-refractivity contribution in [2.75, 3.05) is 25.2 Å². The second-order valence-electron chi connectivity index (χ2n) is 8.09. The fourth-order valence-electron chi connectivity index (χ4n) is 3.67. The number of Topliss-reactive ketones (excluding diaryl/α,β-unsaturated/α-hetero) is 1. The first-order valence-corrected chi connectivity index (χ1v) is 13.1. The third-order valence-electron chi connectivity index (χ3n) is 5.46. The van der Waals surface area contributed by atoms with Crippen molar-refractivity contribution in [3.63, 3.8) is 0 Å². The monoisotopic (exact) mass is 509 g/mol. The van der Waals surface area contributed by atoms with E-state index in [-0.39, 0.29) is 10.6 Å². The summed E-state index contributed by atoms with van der Waals surface area (Å²) in [5.74, 6) is -1.16. The zero-order valence-corrected chi connectivity index (χ0v) is 21.1. The van der Waals surface area contributed by atoms with Gasteiger partial charge in [0.2, 0.25) is 5.78 Å². The van der Waals surface area contributed by atoms with Gasteiger partial charge in [-0.15, -0.1) is 0 Å². The first-order valence-electron chi connectivity index (χ1n) is 11.2. The maximum absolute atomic E-state index is 13.7. The van der Waals surface area contributed by atoms with Crippen LogP contribution < -0.4 is 10.1 Å². The highest BCUT2D eigenvalue weighted by Gasteiger charge is 2.30. The molecule has 0 saturated carbocycles. The fraction of sp³-hybridized carbons (Fsp3) is 0.222. The summed E-state index contributed by atoms with van der Waals surface area (Å²) in [6.07, 6.45) is 2.57. The number of ether oxygens (including phenoxy) is 1. The van der Waals surface area contributed by atoms with Gasteiger partial charge in [-0.05, 0) is 54.4 Å². The molecular formula is C27H28FN3O4S.